The van der Waals surface area contributed by atoms with E-state index in [1.165, 1.54) is 51.4 Å². The summed E-state index contributed by atoms with van der Waals surface area (Å²) in [7, 11) is 0. The van der Waals surface area contributed by atoms with E-state index in [0.717, 1.165) is 23.7 Å². The van der Waals surface area contributed by atoms with Gasteiger partial charge in [-0.2, -0.15) is 0 Å². The molecule has 0 radical (unpaired) electrons. The van der Waals surface area contributed by atoms with Crippen LogP contribution in [0.4, 0.5) is 0 Å². The highest BCUT2D eigenvalue weighted by Crippen LogP contribution is 2.26. The average Bonchev–Trinajstić information content (AvgIpc) is 2.33. The molecule has 0 saturated heterocycles. The number of hydrogen-bond donors (Lipinski definition) is 0. The van der Waals surface area contributed by atoms with Crippen molar-refractivity contribution < 1.29 is 0 Å². The van der Waals surface area contributed by atoms with Gasteiger partial charge in [0.2, 0.25) is 0 Å². The summed E-state index contributed by atoms with van der Waals surface area (Å²) in [6, 6.07) is 0. The van der Waals surface area contributed by atoms with Gasteiger partial charge in [-0.1, -0.05) is 92.9 Å². The van der Waals surface area contributed by atoms with Crippen LogP contribution in [0, 0.1) is 23.7 Å². The zero-order valence-corrected chi connectivity index (χ0v) is 14.0. The second-order valence-electron chi connectivity index (χ2n) is 6.97. The van der Waals surface area contributed by atoms with Crippen molar-refractivity contribution in [3.05, 3.63) is 0 Å². The van der Waals surface area contributed by atoms with E-state index in [2.05, 4.69) is 41.5 Å². The molecular weight excluding hydrogens is 216 g/mol. The minimum atomic E-state index is 0.839. The zero-order valence-electron chi connectivity index (χ0n) is 14.0. The van der Waals surface area contributed by atoms with E-state index in [-0.39, 0.29) is 0 Å². The van der Waals surface area contributed by atoms with Gasteiger partial charge in [-0.25, -0.2) is 0 Å². The lowest BCUT2D eigenvalue weighted by molar-refractivity contribution is 0.270. The van der Waals surface area contributed by atoms with Crippen molar-refractivity contribution in [2.24, 2.45) is 23.7 Å². The normalized spacial score (nSPS) is 16.8. The van der Waals surface area contributed by atoms with Gasteiger partial charge in [0.05, 0.1) is 0 Å². The maximum absolute atomic E-state index is 2.45. The van der Waals surface area contributed by atoms with Gasteiger partial charge in [0.25, 0.3) is 0 Å². The number of rotatable bonds is 11. The smallest absolute Gasteiger partial charge is 0.0394 e. The first kappa shape index (κ1) is 18.0. The summed E-state index contributed by atoms with van der Waals surface area (Å²) in [5.74, 6) is 3.57. The van der Waals surface area contributed by atoms with Crippen LogP contribution >= 0.6 is 0 Å². The van der Waals surface area contributed by atoms with E-state index >= 15 is 0 Å². The van der Waals surface area contributed by atoms with Crippen molar-refractivity contribution in [2.45, 2.75) is 92.9 Å². The number of hydrogen-bond acceptors (Lipinski definition) is 0. The molecular formula is C18H38. The third-order valence-electron chi connectivity index (χ3n) is 4.86. The second-order valence-corrected chi connectivity index (χ2v) is 6.97. The topological polar surface area (TPSA) is 0 Å². The van der Waals surface area contributed by atoms with Crippen molar-refractivity contribution in [3.63, 3.8) is 0 Å². The lowest BCUT2D eigenvalue weighted by Gasteiger charge is -2.23. The fraction of sp³-hybridized carbons (Fsp3) is 1.00. The van der Waals surface area contributed by atoms with Crippen molar-refractivity contribution in [1.29, 1.82) is 0 Å². The molecule has 0 N–H and O–H groups in total. The molecule has 0 saturated carbocycles. The number of unbranched alkanes of at least 4 members (excludes halogenated alkanes) is 3. The molecule has 0 heterocycles. The fourth-order valence-electron chi connectivity index (χ4n) is 2.77. The van der Waals surface area contributed by atoms with Gasteiger partial charge in [0.1, 0.15) is 0 Å². The maximum Gasteiger partial charge on any atom is -0.0394 e. The Kier molecular flexibility index (Phi) is 10.9. The predicted octanol–water partition coefficient (Wildman–Crippen LogP) is 6.69. The van der Waals surface area contributed by atoms with Crippen molar-refractivity contribution in [1.82, 2.24) is 0 Å². The van der Waals surface area contributed by atoms with E-state index < -0.39 is 0 Å². The van der Waals surface area contributed by atoms with Crippen LogP contribution in [0.3, 0.4) is 0 Å². The highest BCUT2D eigenvalue weighted by atomic mass is 14.2. The van der Waals surface area contributed by atoms with Crippen LogP contribution in [0.25, 0.3) is 0 Å². The fourth-order valence-corrected chi connectivity index (χ4v) is 2.77. The molecule has 0 amide bonds. The summed E-state index contributed by atoms with van der Waals surface area (Å²) >= 11 is 0. The van der Waals surface area contributed by atoms with Gasteiger partial charge in [-0.05, 0) is 23.7 Å². The molecule has 0 aromatic carbocycles. The molecule has 0 fully saturated rings. The third kappa shape index (κ3) is 9.00. The lowest BCUT2D eigenvalue weighted by atomic mass is 9.82. The summed E-state index contributed by atoms with van der Waals surface area (Å²) < 4.78 is 0. The molecule has 0 aliphatic rings. The highest BCUT2D eigenvalue weighted by molar-refractivity contribution is 4.66. The van der Waals surface area contributed by atoms with Gasteiger partial charge >= 0.3 is 0 Å². The zero-order chi connectivity index (χ0) is 14.0. The minimum Gasteiger partial charge on any atom is -0.0654 e. The molecule has 0 spiro atoms. The molecule has 18 heavy (non-hydrogen) atoms. The molecule has 0 heteroatoms. The van der Waals surface area contributed by atoms with Crippen LogP contribution in [0.15, 0.2) is 0 Å². The molecule has 0 nitrogen and oxygen atoms in total. The van der Waals surface area contributed by atoms with Crippen LogP contribution in [0.5, 0.6) is 0 Å². The Bertz CT molecular complexity index is 171. The van der Waals surface area contributed by atoms with Gasteiger partial charge in [0.15, 0.2) is 0 Å². The first-order valence-electron chi connectivity index (χ1n) is 8.49. The predicted molar refractivity (Wildman–Crippen MR) is 84.9 cm³/mol. The van der Waals surface area contributed by atoms with Gasteiger partial charge in [-0.15, -0.1) is 0 Å². The maximum atomic E-state index is 2.45. The van der Waals surface area contributed by atoms with Crippen molar-refractivity contribution in [2.75, 3.05) is 0 Å². The van der Waals surface area contributed by atoms with E-state index in [9.17, 15) is 0 Å². The standard InChI is InChI=1S/C18H38/c1-7-8-9-10-12-16(4)13-11-14-17(5)18(6)15(2)3/h15-18H,7-14H2,1-6H3. The molecule has 0 rings (SSSR count). The van der Waals surface area contributed by atoms with Gasteiger partial charge in [-0.3, -0.25) is 0 Å². The Hall–Kier alpha value is 0. The van der Waals surface area contributed by atoms with Crippen LogP contribution in [-0.2, 0) is 0 Å². The molecule has 0 aliphatic carbocycles. The molecule has 0 aromatic heterocycles. The van der Waals surface area contributed by atoms with Crippen LogP contribution in [-0.4, -0.2) is 0 Å². The van der Waals surface area contributed by atoms with Crippen LogP contribution in [0.2, 0.25) is 0 Å². The molecule has 110 valence electrons. The Balaban J connectivity index is 3.52. The molecule has 3 atom stereocenters. The summed E-state index contributed by atoms with van der Waals surface area (Å²) in [5, 5.41) is 0. The summed E-state index contributed by atoms with van der Waals surface area (Å²) in [6.07, 6.45) is 11.4. The Morgan fingerprint density at radius 1 is 0.667 bits per heavy atom. The quantitative estimate of drug-likeness (QED) is 0.360. The second kappa shape index (κ2) is 10.9. The first-order chi connectivity index (χ1) is 8.49. The average molecular weight is 255 g/mol. The lowest BCUT2D eigenvalue weighted by Crippen LogP contribution is -2.14. The highest BCUT2D eigenvalue weighted by Gasteiger charge is 2.15. The molecule has 0 bridgehead atoms. The van der Waals surface area contributed by atoms with Crippen LogP contribution < -0.4 is 0 Å². The molecule has 0 aliphatic heterocycles. The minimum absolute atomic E-state index is 0.839. The SMILES string of the molecule is CCCCCCC(C)CCCC(C)C(C)C(C)C. The van der Waals surface area contributed by atoms with E-state index in [4.69, 9.17) is 0 Å². The monoisotopic (exact) mass is 254 g/mol. The van der Waals surface area contributed by atoms with Gasteiger partial charge in [0, 0.05) is 0 Å². The van der Waals surface area contributed by atoms with E-state index in [0.29, 0.717) is 0 Å². The van der Waals surface area contributed by atoms with E-state index in [1.807, 2.05) is 0 Å². The van der Waals surface area contributed by atoms with E-state index in [1.54, 1.807) is 0 Å². The molecule has 0 aromatic rings. The molecule has 3 unspecified atom stereocenters. The third-order valence-corrected chi connectivity index (χ3v) is 4.86. The summed E-state index contributed by atoms with van der Waals surface area (Å²) in [4.78, 5) is 0. The first-order valence-corrected chi connectivity index (χ1v) is 8.49. The van der Waals surface area contributed by atoms with Crippen molar-refractivity contribution in [3.8, 4) is 0 Å². The van der Waals surface area contributed by atoms with Crippen molar-refractivity contribution >= 4 is 0 Å². The summed E-state index contributed by atoms with van der Waals surface area (Å²) in [6.45, 7) is 14.3. The Morgan fingerprint density at radius 3 is 1.83 bits per heavy atom. The largest absolute Gasteiger partial charge is 0.0654 e. The summed E-state index contributed by atoms with van der Waals surface area (Å²) in [5.41, 5.74) is 0. The van der Waals surface area contributed by atoms with Gasteiger partial charge < -0.3 is 0 Å². The Labute approximate surface area is 117 Å². The Morgan fingerprint density at radius 2 is 1.28 bits per heavy atom. The van der Waals surface area contributed by atoms with Crippen LogP contribution in [0.1, 0.15) is 92.9 Å².